The van der Waals surface area contributed by atoms with Gasteiger partial charge in [-0.3, -0.25) is 4.79 Å². The van der Waals surface area contributed by atoms with Crippen molar-refractivity contribution in [1.29, 1.82) is 0 Å². The molecule has 19 heavy (non-hydrogen) atoms. The molecular formula is C12H20BrN3O3. The number of hydrogen-bond acceptors (Lipinski definition) is 5. The minimum atomic E-state index is -0.175. The first-order valence-electron chi connectivity index (χ1n) is 6.19. The van der Waals surface area contributed by atoms with Crippen molar-refractivity contribution in [3.8, 4) is 0 Å². The van der Waals surface area contributed by atoms with E-state index in [1.165, 1.54) is 4.68 Å². The molecule has 0 radical (unpaired) electrons. The highest BCUT2D eigenvalue weighted by Gasteiger charge is 2.11. The third-order valence-electron chi connectivity index (χ3n) is 2.47. The maximum atomic E-state index is 12.0. The molecule has 0 aliphatic heterocycles. The van der Waals surface area contributed by atoms with Gasteiger partial charge in [-0.05, 0) is 29.8 Å². The van der Waals surface area contributed by atoms with E-state index in [2.05, 4.69) is 26.3 Å². The molecule has 1 aromatic rings. The Balaban J connectivity index is 2.75. The van der Waals surface area contributed by atoms with Gasteiger partial charge in [-0.15, -0.1) is 0 Å². The summed E-state index contributed by atoms with van der Waals surface area (Å²) in [6, 6.07) is 0.104. The molecular weight excluding hydrogens is 314 g/mol. The predicted molar refractivity (Wildman–Crippen MR) is 77.7 cm³/mol. The monoisotopic (exact) mass is 333 g/mol. The van der Waals surface area contributed by atoms with E-state index in [1.807, 2.05) is 13.8 Å². The summed E-state index contributed by atoms with van der Waals surface area (Å²) in [6.45, 7) is 6.06. The first kappa shape index (κ1) is 16.1. The van der Waals surface area contributed by atoms with Gasteiger partial charge in [-0.1, -0.05) is 0 Å². The van der Waals surface area contributed by atoms with E-state index in [4.69, 9.17) is 9.47 Å². The molecule has 0 saturated heterocycles. The highest BCUT2D eigenvalue weighted by molar-refractivity contribution is 9.10. The van der Waals surface area contributed by atoms with E-state index in [-0.39, 0.29) is 11.6 Å². The van der Waals surface area contributed by atoms with Crippen LogP contribution in [0.4, 0.5) is 5.69 Å². The summed E-state index contributed by atoms with van der Waals surface area (Å²) in [4.78, 5) is 12.0. The lowest BCUT2D eigenvalue weighted by Crippen LogP contribution is -2.28. The molecule has 7 heteroatoms. The van der Waals surface area contributed by atoms with Crippen molar-refractivity contribution < 1.29 is 9.47 Å². The molecule has 0 fully saturated rings. The van der Waals surface area contributed by atoms with Crippen LogP contribution in [0.25, 0.3) is 0 Å². The zero-order valence-electron chi connectivity index (χ0n) is 11.5. The van der Waals surface area contributed by atoms with E-state index >= 15 is 0 Å². The number of nitrogens with zero attached hydrogens (tertiary/aromatic N) is 2. The summed E-state index contributed by atoms with van der Waals surface area (Å²) in [6.07, 6.45) is 1.63. The maximum Gasteiger partial charge on any atom is 0.283 e. The van der Waals surface area contributed by atoms with Crippen LogP contribution in [0.1, 0.15) is 13.8 Å². The number of aromatic nitrogens is 2. The van der Waals surface area contributed by atoms with E-state index in [0.717, 1.165) is 0 Å². The van der Waals surface area contributed by atoms with Gasteiger partial charge in [0.15, 0.2) is 0 Å². The quantitative estimate of drug-likeness (QED) is 0.780. The number of methoxy groups -OCH3 is 1. The van der Waals surface area contributed by atoms with Crippen LogP contribution in [0.15, 0.2) is 15.5 Å². The summed E-state index contributed by atoms with van der Waals surface area (Å²) in [5, 5.41) is 7.29. The first-order valence-corrected chi connectivity index (χ1v) is 6.98. The van der Waals surface area contributed by atoms with E-state index in [0.29, 0.717) is 36.5 Å². The van der Waals surface area contributed by atoms with E-state index in [1.54, 1.807) is 13.3 Å². The third-order valence-corrected chi connectivity index (χ3v) is 3.23. The minimum Gasteiger partial charge on any atom is -0.383 e. The number of nitrogens with one attached hydrogen (secondary N) is 1. The molecule has 0 aliphatic carbocycles. The van der Waals surface area contributed by atoms with Crippen molar-refractivity contribution in [1.82, 2.24) is 9.78 Å². The topological polar surface area (TPSA) is 65.4 Å². The van der Waals surface area contributed by atoms with Gasteiger partial charge in [0, 0.05) is 19.8 Å². The van der Waals surface area contributed by atoms with Crippen LogP contribution in [0, 0.1) is 0 Å². The van der Waals surface area contributed by atoms with Crippen molar-refractivity contribution in [2.45, 2.75) is 26.4 Å². The second-order valence-corrected chi connectivity index (χ2v) is 4.89. The van der Waals surface area contributed by atoms with Crippen molar-refractivity contribution in [2.24, 2.45) is 0 Å². The summed E-state index contributed by atoms with van der Waals surface area (Å²) >= 11 is 3.30. The van der Waals surface area contributed by atoms with E-state index in [9.17, 15) is 4.79 Å². The van der Waals surface area contributed by atoms with Crippen molar-refractivity contribution >= 4 is 21.6 Å². The summed E-state index contributed by atoms with van der Waals surface area (Å²) in [5.74, 6) is 0. The molecule has 0 aromatic carbocycles. The Morgan fingerprint density at radius 1 is 1.58 bits per heavy atom. The van der Waals surface area contributed by atoms with Gasteiger partial charge in [0.2, 0.25) is 0 Å². The lowest BCUT2D eigenvalue weighted by atomic mass is 10.3. The molecule has 0 amide bonds. The highest BCUT2D eigenvalue weighted by Crippen LogP contribution is 2.17. The number of hydrogen-bond donors (Lipinski definition) is 1. The smallest absolute Gasteiger partial charge is 0.283 e. The second-order valence-electron chi connectivity index (χ2n) is 4.10. The summed E-state index contributed by atoms with van der Waals surface area (Å²) < 4.78 is 12.1. The van der Waals surface area contributed by atoms with Crippen LogP contribution < -0.4 is 10.9 Å². The van der Waals surface area contributed by atoms with Crippen LogP contribution in [-0.4, -0.2) is 42.8 Å². The van der Waals surface area contributed by atoms with Crippen LogP contribution >= 0.6 is 15.9 Å². The fourth-order valence-electron chi connectivity index (χ4n) is 1.50. The molecule has 0 saturated carbocycles. The molecule has 1 N–H and O–H groups in total. The molecule has 1 unspecified atom stereocenters. The van der Waals surface area contributed by atoms with Crippen LogP contribution in [-0.2, 0) is 16.0 Å². The Kier molecular flexibility index (Phi) is 7.04. The molecule has 0 aliphatic rings. The third kappa shape index (κ3) is 4.93. The number of halogens is 1. The summed E-state index contributed by atoms with van der Waals surface area (Å²) in [5.41, 5.74) is 0.497. The maximum absolute atomic E-state index is 12.0. The number of ether oxygens (including phenoxy) is 2. The molecule has 1 rings (SSSR count). The Morgan fingerprint density at radius 2 is 2.32 bits per heavy atom. The zero-order valence-corrected chi connectivity index (χ0v) is 13.1. The van der Waals surface area contributed by atoms with Gasteiger partial charge in [0.25, 0.3) is 5.56 Å². The van der Waals surface area contributed by atoms with Gasteiger partial charge in [-0.25, -0.2) is 4.68 Å². The second kappa shape index (κ2) is 8.29. The molecule has 0 bridgehead atoms. The van der Waals surface area contributed by atoms with Gasteiger partial charge in [0.05, 0.1) is 31.6 Å². The molecule has 1 heterocycles. The fraction of sp³-hybridized carbons (Fsp3) is 0.667. The summed E-state index contributed by atoms with van der Waals surface area (Å²) in [7, 11) is 1.59. The average molecular weight is 334 g/mol. The number of rotatable bonds is 8. The zero-order chi connectivity index (χ0) is 14.3. The standard InChI is InChI=1S/C12H20BrN3O3/c1-4-19-8-9(2)15-10-7-14-16(5-6-18-3)12(17)11(10)13/h7,9,15H,4-6,8H2,1-3H3. The Hall–Kier alpha value is -0.920. The van der Waals surface area contributed by atoms with Gasteiger partial charge in [-0.2, -0.15) is 5.10 Å². The normalized spacial score (nSPS) is 12.4. The largest absolute Gasteiger partial charge is 0.383 e. The van der Waals surface area contributed by atoms with Crippen LogP contribution in [0.2, 0.25) is 0 Å². The Bertz CT molecular complexity index is 450. The first-order chi connectivity index (χ1) is 9.10. The molecule has 6 nitrogen and oxygen atoms in total. The fourth-order valence-corrected chi connectivity index (χ4v) is 1.93. The van der Waals surface area contributed by atoms with E-state index < -0.39 is 0 Å². The molecule has 1 atom stereocenters. The lowest BCUT2D eigenvalue weighted by Gasteiger charge is -2.16. The SMILES string of the molecule is CCOCC(C)Nc1cnn(CCOC)c(=O)c1Br. The Morgan fingerprint density at radius 3 is 2.95 bits per heavy atom. The molecule has 108 valence electrons. The van der Waals surface area contributed by atoms with Gasteiger partial charge in [0.1, 0.15) is 4.47 Å². The Labute approximate surface area is 121 Å². The molecule has 1 aromatic heterocycles. The van der Waals surface area contributed by atoms with Crippen LogP contribution in [0.5, 0.6) is 0 Å². The molecule has 0 spiro atoms. The predicted octanol–water partition coefficient (Wildman–Crippen LogP) is 1.49. The van der Waals surface area contributed by atoms with Crippen molar-refractivity contribution in [3.63, 3.8) is 0 Å². The number of anilines is 1. The van der Waals surface area contributed by atoms with Crippen LogP contribution in [0.3, 0.4) is 0 Å². The average Bonchev–Trinajstić information content (AvgIpc) is 2.41. The van der Waals surface area contributed by atoms with Crippen molar-refractivity contribution in [2.75, 3.05) is 32.2 Å². The minimum absolute atomic E-state index is 0.104. The highest BCUT2D eigenvalue weighted by atomic mass is 79.9. The van der Waals surface area contributed by atoms with Gasteiger partial charge < -0.3 is 14.8 Å². The van der Waals surface area contributed by atoms with Crippen molar-refractivity contribution in [3.05, 3.63) is 21.0 Å². The van der Waals surface area contributed by atoms with Gasteiger partial charge >= 0.3 is 0 Å². The lowest BCUT2D eigenvalue weighted by molar-refractivity contribution is 0.141.